The number of sulfonamides is 1. The van der Waals surface area contributed by atoms with Gasteiger partial charge >= 0.3 is 0 Å². The molecule has 1 atom stereocenters. The Morgan fingerprint density at radius 2 is 1.65 bits per heavy atom. The van der Waals surface area contributed by atoms with E-state index in [4.69, 9.17) is 0 Å². The molecular weight excluding hydrogens is 417 g/mol. The van der Waals surface area contributed by atoms with Crippen LogP contribution in [0.15, 0.2) is 29.2 Å². The molecule has 2 heterocycles. The highest BCUT2D eigenvalue weighted by Crippen LogP contribution is 2.25. The Labute approximate surface area is 186 Å². The highest BCUT2D eigenvalue weighted by molar-refractivity contribution is 7.89. The summed E-state index contributed by atoms with van der Waals surface area (Å²) in [6.45, 7) is 10.1. The van der Waals surface area contributed by atoms with Crippen LogP contribution < -0.4 is 5.32 Å². The lowest BCUT2D eigenvalue weighted by Crippen LogP contribution is -2.51. The van der Waals surface area contributed by atoms with Crippen LogP contribution in [-0.4, -0.2) is 62.3 Å². The number of hydrogen-bond acceptors (Lipinski definition) is 4. The molecule has 1 aromatic carbocycles. The number of nitrogens with one attached hydrogen (secondary N) is 1. The summed E-state index contributed by atoms with van der Waals surface area (Å²) in [6.07, 6.45) is 3.41. The average molecular weight is 454 g/mol. The van der Waals surface area contributed by atoms with Crippen molar-refractivity contribution in [3.05, 3.63) is 30.1 Å². The standard InChI is InChI=1S/C23H36FN3O3S/c1-17(2)22(26-12-8-18(3)9-13-26)16-25-23(28)19-10-14-27(15-11-19)31(29,30)21-6-4-20(24)5-7-21/h4-7,17-19,22H,8-16H2,1-3H3,(H,25,28). The zero-order valence-corrected chi connectivity index (χ0v) is 19.7. The van der Waals surface area contributed by atoms with E-state index in [0.717, 1.165) is 31.1 Å². The molecule has 0 spiro atoms. The van der Waals surface area contributed by atoms with Crippen molar-refractivity contribution in [2.75, 3.05) is 32.7 Å². The largest absolute Gasteiger partial charge is 0.354 e. The van der Waals surface area contributed by atoms with Crippen LogP contribution in [0.2, 0.25) is 0 Å². The third kappa shape index (κ3) is 6.05. The second-order valence-corrected chi connectivity index (χ2v) is 11.3. The van der Waals surface area contributed by atoms with E-state index in [0.29, 0.717) is 44.4 Å². The summed E-state index contributed by atoms with van der Waals surface area (Å²) in [6, 6.07) is 5.21. The van der Waals surface area contributed by atoms with Crippen molar-refractivity contribution in [1.29, 1.82) is 0 Å². The van der Waals surface area contributed by atoms with E-state index < -0.39 is 15.8 Å². The lowest BCUT2D eigenvalue weighted by Gasteiger charge is -2.39. The van der Waals surface area contributed by atoms with Gasteiger partial charge in [-0.1, -0.05) is 20.8 Å². The molecule has 1 aromatic rings. The summed E-state index contributed by atoms with van der Waals surface area (Å²) in [5.74, 6) is 0.614. The van der Waals surface area contributed by atoms with E-state index in [1.54, 1.807) is 0 Å². The van der Waals surface area contributed by atoms with Crippen LogP contribution >= 0.6 is 0 Å². The van der Waals surface area contributed by atoms with Crippen LogP contribution in [0, 0.1) is 23.6 Å². The molecule has 1 amide bonds. The maximum Gasteiger partial charge on any atom is 0.243 e. The predicted molar refractivity (Wildman–Crippen MR) is 119 cm³/mol. The van der Waals surface area contributed by atoms with Gasteiger partial charge in [-0.15, -0.1) is 0 Å². The number of piperidine rings is 2. The fourth-order valence-electron chi connectivity index (χ4n) is 4.61. The van der Waals surface area contributed by atoms with Crippen LogP contribution in [0.1, 0.15) is 46.5 Å². The van der Waals surface area contributed by atoms with Crippen LogP contribution in [0.5, 0.6) is 0 Å². The maximum atomic E-state index is 13.1. The third-order valence-corrected chi connectivity index (χ3v) is 8.73. The average Bonchev–Trinajstić information content (AvgIpc) is 2.75. The first-order valence-electron chi connectivity index (χ1n) is 11.5. The van der Waals surface area contributed by atoms with Gasteiger partial charge in [-0.05, 0) is 74.9 Å². The Morgan fingerprint density at radius 1 is 1.06 bits per heavy atom. The number of hydrogen-bond donors (Lipinski definition) is 1. The summed E-state index contributed by atoms with van der Waals surface area (Å²) in [4.78, 5) is 15.4. The first-order valence-corrected chi connectivity index (χ1v) is 12.9. The van der Waals surface area contributed by atoms with Gasteiger partial charge in [-0.2, -0.15) is 4.31 Å². The van der Waals surface area contributed by atoms with E-state index in [-0.39, 0.29) is 16.7 Å². The molecule has 174 valence electrons. The SMILES string of the molecule is CC1CCN(C(CNC(=O)C2CCN(S(=O)(=O)c3ccc(F)cc3)CC2)C(C)C)CC1. The molecule has 2 aliphatic heterocycles. The molecule has 3 rings (SSSR count). The van der Waals surface area contributed by atoms with Crippen LogP contribution in [0.4, 0.5) is 4.39 Å². The van der Waals surface area contributed by atoms with E-state index in [1.165, 1.54) is 29.3 Å². The number of halogens is 1. The zero-order valence-electron chi connectivity index (χ0n) is 18.9. The van der Waals surface area contributed by atoms with Gasteiger partial charge < -0.3 is 5.32 Å². The Kier molecular flexibility index (Phi) is 8.10. The monoisotopic (exact) mass is 453 g/mol. The summed E-state index contributed by atoms with van der Waals surface area (Å²) in [5, 5.41) is 3.14. The van der Waals surface area contributed by atoms with Gasteiger partial charge in [0.2, 0.25) is 15.9 Å². The molecule has 0 aliphatic carbocycles. The summed E-state index contributed by atoms with van der Waals surface area (Å²) in [7, 11) is -3.66. The Bertz CT molecular complexity index is 828. The van der Waals surface area contributed by atoms with Crippen molar-refractivity contribution in [1.82, 2.24) is 14.5 Å². The third-order valence-electron chi connectivity index (χ3n) is 6.82. The van der Waals surface area contributed by atoms with E-state index >= 15 is 0 Å². The van der Waals surface area contributed by atoms with Gasteiger partial charge in [-0.3, -0.25) is 9.69 Å². The first-order chi connectivity index (χ1) is 14.7. The molecule has 2 fully saturated rings. The molecule has 0 bridgehead atoms. The molecule has 2 saturated heterocycles. The number of carbonyl (C=O) groups excluding carboxylic acids is 1. The van der Waals surface area contributed by atoms with E-state index in [9.17, 15) is 17.6 Å². The van der Waals surface area contributed by atoms with Gasteiger partial charge in [0.1, 0.15) is 5.82 Å². The van der Waals surface area contributed by atoms with Gasteiger partial charge in [0.15, 0.2) is 0 Å². The highest BCUT2D eigenvalue weighted by Gasteiger charge is 2.33. The normalized spacial score (nSPS) is 21.3. The summed E-state index contributed by atoms with van der Waals surface area (Å²) in [5.41, 5.74) is 0. The van der Waals surface area contributed by atoms with E-state index in [2.05, 4.69) is 31.0 Å². The lowest BCUT2D eigenvalue weighted by atomic mass is 9.93. The molecule has 1 unspecified atom stereocenters. The molecule has 0 radical (unpaired) electrons. The number of likely N-dealkylation sites (tertiary alicyclic amines) is 1. The number of nitrogens with zero attached hydrogens (tertiary/aromatic N) is 2. The Morgan fingerprint density at radius 3 is 2.19 bits per heavy atom. The first kappa shape index (κ1) is 24.1. The molecule has 8 heteroatoms. The molecule has 6 nitrogen and oxygen atoms in total. The van der Waals surface area contributed by atoms with Crippen molar-refractivity contribution in [3.8, 4) is 0 Å². The zero-order chi connectivity index (χ0) is 22.6. The Balaban J connectivity index is 1.51. The maximum absolute atomic E-state index is 13.1. The second kappa shape index (κ2) is 10.4. The van der Waals surface area contributed by atoms with Crippen LogP contribution in [-0.2, 0) is 14.8 Å². The fraction of sp³-hybridized carbons (Fsp3) is 0.696. The number of amides is 1. The minimum Gasteiger partial charge on any atom is -0.354 e. The van der Waals surface area contributed by atoms with Crippen molar-refractivity contribution in [3.63, 3.8) is 0 Å². The minimum atomic E-state index is -3.66. The number of benzene rings is 1. The number of rotatable bonds is 7. The number of carbonyl (C=O) groups is 1. The minimum absolute atomic E-state index is 0.0230. The molecule has 2 aliphatic rings. The van der Waals surface area contributed by atoms with Crippen LogP contribution in [0.3, 0.4) is 0 Å². The molecule has 1 N–H and O–H groups in total. The quantitative estimate of drug-likeness (QED) is 0.689. The molecule has 0 aromatic heterocycles. The highest BCUT2D eigenvalue weighted by atomic mass is 32.2. The lowest BCUT2D eigenvalue weighted by molar-refractivity contribution is -0.126. The fourth-order valence-corrected chi connectivity index (χ4v) is 6.08. The van der Waals surface area contributed by atoms with Gasteiger partial charge in [-0.25, -0.2) is 12.8 Å². The molecule has 31 heavy (non-hydrogen) atoms. The smallest absolute Gasteiger partial charge is 0.243 e. The van der Waals surface area contributed by atoms with E-state index in [1.807, 2.05) is 0 Å². The van der Waals surface area contributed by atoms with Crippen LogP contribution in [0.25, 0.3) is 0 Å². The topological polar surface area (TPSA) is 69.7 Å². The van der Waals surface area contributed by atoms with Gasteiger partial charge in [0.05, 0.1) is 4.90 Å². The van der Waals surface area contributed by atoms with Crippen molar-refractivity contribution >= 4 is 15.9 Å². The van der Waals surface area contributed by atoms with Gasteiger partial charge in [0, 0.05) is 31.6 Å². The summed E-state index contributed by atoms with van der Waals surface area (Å²) >= 11 is 0. The van der Waals surface area contributed by atoms with Gasteiger partial charge in [0.25, 0.3) is 0 Å². The van der Waals surface area contributed by atoms with Crippen molar-refractivity contribution in [2.45, 2.75) is 57.4 Å². The second-order valence-electron chi connectivity index (χ2n) is 9.41. The summed E-state index contributed by atoms with van der Waals surface area (Å²) < 4.78 is 40.0. The predicted octanol–water partition coefficient (Wildman–Crippen LogP) is 3.10. The molecular formula is C23H36FN3O3S. The van der Waals surface area contributed by atoms with Crippen molar-refractivity contribution < 1.29 is 17.6 Å². The van der Waals surface area contributed by atoms with Crippen molar-refractivity contribution in [2.24, 2.45) is 17.8 Å². The Hall–Kier alpha value is -1.51. The molecule has 0 saturated carbocycles.